The van der Waals surface area contributed by atoms with Crippen molar-refractivity contribution in [3.05, 3.63) is 0 Å². The summed E-state index contributed by atoms with van der Waals surface area (Å²) in [5.41, 5.74) is 0. The van der Waals surface area contributed by atoms with Gasteiger partial charge in [-0.3, -0.25) is 4.79 Å². The molecule has 2 aliphatic rings. The van der Waals surface area contributed by atoms with Gasteiger partial charge in [0.25, 0.3) is 0 Å². The lowest BCUT2D eigenvalue weighted by Gasteiger charge is -2.22. The van der Waals surface area contributed by atoms with E-state index < -0.39 is 0 Å². The second-order valence-electron chi connectivity index (χ2n) is 6.61. The molecule has 2 aliphatic carbocycles. The van der Waals surface area contributed by atoms with Gasteiger partial charge in [0.1, 0.15) is 6.54 Å². The van der Waals surface area contributed by atoms with Gasteiger partial charge in [-0.2, -0.15) is 11.8 Å². The van der Waals surface area contributed by atoms with Crippen LogP contribution >= 0.6 is 35.7 Å². The molecule has 2 saturated carbocycles. The Morgan fingerprint density at radius 1 is 1.08 bits per heavy atom. The topological polar surface area (TPSA) is 65.5 Å². The second kappa shape index (κ2) is 12.2. The first-order valence-electron chi connectivity index (χ1n) is 9.08. The lowest BCUT2D eigenvalue weighted by Crippen LogP contribution is -2.44. The highest BCUT2D eigenvalue weighted by molar-refractivity contribution is 14.0. The fourth-order valence-corrected chi connectivity index (χ4v) is 4.27. The number of hydrogen-bond donors (Lipinski definition) is 3. The Morgan fingerprint density at radius 3 is 2.46 bits per heavy atom. The minimum absolute atomic E-state index is 0. The minimum Gasteiger partial charge on any atom is -0.357 e. The summed E-state index contributed by atoms with van der Waals surface area (Å²) in [7, 11) is 0. The molecule has 5 nitrogen and oxygen atoms in total. The first-order valence-corrected chi connectivity index (χ1v) is 10.4. The third kappa shape index (κ3) is 7.80. The Balaban J connectivity index is 0.00000288. The summed E-state index contributed by atoms with van der Waals surface area (Å²) in [5.74, 6) is 0.820. The van der Waals surface area contributed by atoms with Crippen molar-refractivity contribution in [3.63, 3.8) is 0 Å². The lowest BCUT2D eigenvalue weighted by molar-refractivity contribution is -0.120. The molecule has 0 aromatic rings. The van der Waals surface area contributed by atoms with E-state index in [0.717, 1.165) is 30.6 Å². The fourth-order valence-electron chi connectivity index (χ4n) is 3.47. The van der Waals surface area contributed by atoms with Gasteiger partial charge in [0, 0.05) is 23.9 Å². The normalized spacial score (nSPS) is 25.0. The molecule has 0 bridgehead atoms. The van der Waals surface area contributed by atoms with Crippen molar-refractivity contribution in [1.82, 2.24) is 16.0 Å². The second-order valence-corrected chi connectivity index (χ2v) is 7.75. The smallest absolute Gasteiger partial charge is 0.242 e. The molecule has 140 valence electrons. The van der Waals surface area contributed by atoms with E-state index in [1.165, 1.54) is 38.5 Å². The van der Waals surface area contributed by atoms with E-state index in [1.807, 2.05) is 11.8 Å². The van der Waals surface area contributed by atoms with E-state index in [1.54, 1.807) is 0 Å². The van der Waals surface area contributed by atoms with Crippen molar-refractivity contribution in [1.29, 1.82) is 0 Å². The van der Waals surface area contributed by atoms with Gasteiger partial charge in [-0.25, -0.2) is 4.99 Å². The Hall–Kier alpha value is -0.180. The largest absolute Gasteiger partial charge is 0.357 e. The molecule has 3 N–H and O–H groups in total. The summed E-state index contributed by atoms with van der Waals surface area (Å²) in [4.78, 5) is 16.5. The Kier molecular flexibility index (Phi) is 11.1. The number of rotatable bonds is 6. The van der Waals surface area contributed by atoms with Crippen LogP contribution in [0, 0.1) is 0 Å². The standard InChI is InChI=1S/C17H32N4OS.HI/c1-3-18-17(21-14-9-10-15(11-14)23-2)19-12-16(22)20-13-7-5-4-6-8-13;/h13-15H,3-12H2,1-2H3,(H,20,22)(H2,18,19,21);1H. The summed E-state index contributed by atoms with van der Waals surface area (Å²) in [5, 5.41) is 10.6. The molecule has 1 amide bonds. The number of amides is 1. The van der Waals surface area contributed by atoms with Crippen LogP contribution in [0.1, 0.15) is 58.3 Å². The zero-order valence-corrected chi connectivity index (χ0v) is 18.1. The number of aliphatic imine (C=N–C) groups is 1. The van der Waals surface area contributed by atoms with E-state index in [0.29, 0.717) is 12.1 Å². The average molecular weight is 468 g/mol. The third-order valence-corrected chi connectivity index (χ3v) is 5.85. The van der Waals surface area contributed by atoms with Crippen LogP contribution < -0.4 is 16.0 Å². The van der Waals surface area contributed by atoms with Crippen LogP contribution in [0.25, 0.3) is 0 Å². The van der Waals surface area contributed by atoms with Gasteiger partial charge in [-0.15, -0.1) is 24.0 Å². The number of carbonyl (C=O) groups excluding carboxylic acids is 1. The predicted molar refractivity (Wildman–Crippen MR) is 114 cm³/mol. The van der Waals surface area contributed by atoms with E-state index in [4.69, 9.17) is 0 Å². The Bertz CT molecular complexity index is 402. The number of thioether (sulfide) groups is 1. The van der Waals surface area contributed by atoms with Crippen molar-refractivity contribution in [2.24, 2.45) is 4.99 Å². The predicted octanol–water partition coefficient (Wildman–Crippen LogP) is 2.89. The number of nitrogens with zero attached hydrogens (tertiary/aromatic N) is 1. The summed E-state index contributed by atoms with van der Waals surface area (Å²) >= 11 is 1.95. The molecule has 24 heavy (non-hydrogen) atoms. The van der Waals surface area contributed by atoms with Crippen molar-refractivity contribution < 1.29 is 4.79 Å². The first-order chi connectivity index (χ1) is 11.2. The van der Waals surface area contributed by atoms with E-state index in [2.05, 4.69) is 34.1 Å². The van der Waals surface area contributed by atoms with Crippen molar-refractivity contribution in [3.8, 4) is 0 Å². The van der Waals surface area contributed by atoms with Crippen LogP contribution in [-0.4, -0.2) is 48.5 Å². The Labute approximate surface area is 168 Å². The van der Waals surface area contributed by atoms with Gasteiger partial charge >= 0.3 is 0 Å². The Morgan fingerprint density at radius 2 is 1.83 bits per heavy atom. The fraction of sp³-hybridized carbons (Fsp3) is 0.882. The van der Waals surface area contributed by atoms with Crippen molar-refractivity contribution in [2.45, 2.75) is 75.6 Å². The van der Waals surface area contributed by atoms with Crippen LogP contribution in [0.5, 0.6) is 0 Å². The highest BCUT2D eigenvalue weighted by Crippen LogP contribution is 2.28. The van der Waals surface area contributed by atoms with Gasteiger partial charge in [-0.05, 0) is 45.3 Å². The van der Waals surface area contributed by atoms with Crippen LogP contribution in [0.3, 0.4) is 0 Å². The maximum Gasteiger partial charge on any atom is 0.242 e. The zero-order valence-electron chi connectivity index (χ0n) is 15.0. The number of hydrogen-bond acceptors (Lipinski definition) is 3. The molecular weight excluding hydrogens is 435 g/mol. The monoisotopic (exact) mass is 468 g/mol. The quantitative estimate of drug-likeness (QED) is 0.319. The van der Waals surface area contributed by atoms with Gasteiger partial charge in [0.05, 0.1) is 0 Å². The maximum atomic E-state index is 12.1. The van der Waals surface area contributed by atoms with E-state index in [9.17, 15) is 4.79 Å². The van der Waals surface area contributed by atoms with Gasteiger partial charge < -0.3 is 16.0 Å². The summed E-state index contributed by atoms with van der Waals surface area (Å²) in [6.07, 6.45) is 11.8. The molecular formula is C17H33IN4OS. The number of carbonyl (C=O) groups is 1. The van der Waals surface area contributed by atoms with Gasteiger partial charge in [-0.1, -0.05) is 19.3 Å². The molecule has 0 heterocycles. The maximum absolute atomic E-state index is 12.1. The SMILES string of the molecule is CCNC(=NCC(=O)NC1CCCCC1)NC1CCC(SC)C1.I. The van der Waals surface area contributed by atoms with Crippen molar-refractivity contribution in [2.75, 3.05) is 19.3 Å². The summed E-state index contributed by atoms with van der Waals surface area (Å²) < 4.78 is 0. The van der Waals surface area contributed by atoms with E-state index >= 15 is 0 Å². The minimum atomic E-state index is 0. The van der Waals surface area contributed by atoms with Crippen LogP contribution in [0.15, 0.2) is 4.99 Å². The van der Waals surface area contributed by atoms with Gasteiger partial charge in [0.2, 0.25) is 5.91 Å². The molecule has 2 fully saturated rings. The molecule has 0 radical (unpaired) electrons. The summed E-state index contributed by atoms with van der Waals surface area (Å²) in [6, 6.07) is 0.839. The highest BCUT2D eigenvalue weighted by Gasteiger charge is 2.24. The summed E-state index contributed by atoms with van der Waals surface area (Å²) in [6.45, 7) is 3.08. The molecule has 0 saturated heterocycles. The molecule has 7 heteroatoms. The number of guanidine groups is 1. The number of nitrogens with one attached hydrogen (secondary N) is 3. The average Bonchev–Trinajstić information content (AvgIpc) is 3.01. The molecule has 0 aliphatic heterocycles. The first kappa shape index (κ1) is 21.9. The van der Waals surface area contributed by atoms with Crippen LogP contribution in [0.4, 0.5) is 0 Å². The van der Waals surface area contributed by atoms with Gasteiger partial charge in [0.15, 0.2) is 5.96 Å². The van der Waals surface area contributed by atoms with Crippen LogP contribution in [0.2, 0.25) is 0 Å². The van der Waals surface area contributed by atoms with Crippen molar-refractivity contribution >= 4 is 47.6 Å². The molecule has 2 atom stereocenters. The molecule has 0 aromatic carbocycles. The lowest BCUT2D eigenvalue weighted by atomic mass is 9.95. The molecule has 0 aromatic heterocycles. The highest BCUT2D eigenvalue weighted by atomic mass is 127. The van der Waals surface area contributed by atoms with Crippen LogP contribution in [-0.2, 0) is 4.79 Å². The molecule has 2 unspecified atom stereocenters. The third-order valence-electron chi connectivity index (χ3n) is 4.75. The molecule has 2 rings (SSSR count). The molecule has 0 spiro atoms. The van der Waals surface area contributed by atoms with E-state index in [-0.39, 0.29) is 36.4 Å². The number of halogens is 1. The zero-order chi connectivity index (χ0) is 16.5.